The quantitative estimate of drug-likeness (QED) is 0.738. The predicted molar refractivity (Wildman–Crippen MR) is 62.0 cm³/mol. The maximum Gasteiger partial charge on any atom is 0.252 e. The van der Waals surface area contributed by atoms with E-state index in [9.17, 15) is 13.6 Å². The number of hydrogen-bond donors (Lipinski definition) is 0. The van der Waals surface area contributed by atoms with Gasteiger partial charge in [0.05, 0.1) is 0 Å². The highest BCUT2D eigenvalue weighted by molar-refractivity contribution is 6.67. The fourth-order valence-electron chi connectivity index (χ4n) is 1.52. The molecule has 0 aliphatic heterocycles. The molecule has 2 rings (SSSR count). The van der Waals surface area contributed by atoms with Crippen molar-refractivity contribution in [2.24, 2.45) is 0 Å². The average Bonchev–Trinajstić information content (AvgIpc) is 2.29. The molecule has 0 N–H and O–H groups in total. The van der Waals surface area contributed by atoms with Crippen LogP contribution in [-0.2, 0) is 0 Å². The molecule has 0 bridgehead atoms. The maximum atomic E-state index is 13.6. The third-order valence-electron chi connectivity index (χ3n) is 2.33. The molecule has 2 aromatic rings. The standard InChI is InChI=1S/C13H7ClF2O/c14-13(17)9-4-5-12(16)11(7-9)8-2-1-3-10(15)6-8/h1-7H. The number of benzene rings is 2. The summed E-state index contributed by atoms with van der Waals surface area (Å²) in [5, 5.41) is -0.678. The lowest BCUT2D eigenvalue weighted by atomic mass is 10.0. The Bertz CT molecular complexity index is 581. The van der Waals surface area contributed by atoms with Gasteiger partial charge in [-0.15, -0.1) is 0 Å². The lowest BCUT2D eigenvalue weighted by Gasteiger charge is -2.05. The van der Waals surface area contributed by atoms with E-state index < -0.39 is 16.9 Å². The Labute approximate surface area is 102 Å². The van der Waals surface area contributed by atoms with E-state index in [0.29, 0.717) is 5.56 Å². The monoisotopic (exact) mass is 252 g/mol. The molecule has 0 aliphatic rings. The minimum atomic E-state index is -0.678. The van der Waals surface area contributed by atoms with Gasteiger partial charge in [-0.25, -0.2) is 8.78 Å². The van der Waals surface area contributed by atoms with Crippen LogP contribution in [0.25, 0.3) is 11.1 Å². The van der Waals surface area contributed by atoms with Gasteiger partial charge in [0, 0.05) is 11.1 Å². The normalized spacial score (nSPS) is 10.3. The second kappa shape index (κ2) is 4.63. The second-order valence-corrected chi connectivity index (χ2v) is 3.82. The van der Waals surface area contributed by atoms with Crippen LogP contribution in [0.4, 0.5) is 8.78 Å². The molecule has 17 heavy (non-hydrogen) atoms. The molecule has 0 atom stereocenters. The zero-order chi connectivity index (χ0) is 12.4. The van der Waals surface area contributed by atoms with Crippen molar-refractivity contribution in [1.29, 1.82) is 0 Å². The molecule has 0 aliphatic carbocycles. The number of rotatable bonds is 2. The van der Waals surface area contributed by atoms with E-state index in [1.807, 2.05) is 0 Å². The van der Waals surface area contributed by atoms with Crippen molar-refractivity contribution in [1.82, 2.24) is 0 Å². The van der Waals surface area contributed by atoms with Gasteiger partial charge < -0.3 is 0 Å². The molecule has 0 spiro atoms. The van der Waals surface area contributed by atoms with Crippen molar-refractivity contribution >= 4 is 16.8 Å². The van der Waals surface area contributed by atoms with Crippen molar-refractivity contribution in [3.05, 3.63) is 59.7 Å². The maximum absolute atomic E-state index is 13.6. The highest BCUT2D eigenvalue weighted by Crippen LogP contribution is 2.25. The van der Waals surface area contributed by atoms with Crippen LogP contribution >= 0.6 is 11.6 Å². The topological polar surface area (TPSA) is 17.1 Å². The fourth-order valence-corrected chi connectivity index (χ4v) is 1.64. The number of hydrogen-bond acceptors (Lipinski definition) is 1. The molecular weight excluding hydrogens is 246 g/mol. The first-order valence-electron chi connectivity index (χ1n) is 4.83. The summed E-state index contributed by atoms with van der Waals surface area (Å²) in [6, 6.07) is 9.21. The van der Waals surface area contributed by atoms with Gasteiger partial charge in [-0.1, -0.05) is 12.1 Å². The molecular formula is C13H7ClF2O. The fraction of sp³-hybridized carbons (Fsp3) is 0. The van der Waals surface area contributed by atoms with E-state index in [-0.39, 0.29) is 11.1 Å². The van der Waals surface area contributed by atoms with Gasteiger partial charge in [0.2, 0.25) is 0 Å². The van der Waals surface area contributed by atoms with Crippen molar-refractivity contribution < 1.29 is 13.6 Å². The van der Waals surface area contributed by atoms with Gasteiger partial charge in [0.25, 0.3) is 5.24 Å². The molecule has 0 saturated carbocycles. The second-order valence-electron chi connectivity index (χ2n) is 3.48. The van der Waals surface area contributed by atoms with Crippen molar-refractivity contribution in [2.75, 3.05) is 0 Å². The van der Waals surface area contributed by atoms with Crippen molar-refractivity contribution in [3.8, 4) is 11.1 Å². The summed E-state index contributed by atoms with van der Waals surface area (Å²) in [6.07, 6.45) is 0. The number of halogens is 3. The Morgan fingerprint density at radius 1 is 1.06 bits per heavy atom. The minimum absolute atomic E-state index is 0.149. The summed E-state index contributed by atoms with van der Waals surface area (Å²) in [5.74, 6) is -0.998. The highest BCUT2D eigenvalue weighted by Gasteiger charge is 2.10. The first kappa shape index (κ1) is 11.7. The van der Waals surface area contributed by atoms with Gasteiger partial charge in [0.1, 0.15) is 11.6 Å². The summed E-state index contributed by atoms with van der Waals surface area (Å²) in [6.45, 7) is 0. The lowest BCUT2D eigenvalue weighted by molar-refractivity contribution is 0.108. The number of carbonyl (C=O) groups excluding carboxylic acids is 1. The molecule has 0 saturated heterocycles. The Hall–Kier alpha value is -1.74. The SMILES string of the molecule is O=C(Cl)c1ccc(F)c(-c2cccc(F)c2)c1. The lowest BCUT2D eigenvalue weighted by Crippen LogP contribution is -1.92. The van der Waals surface area contributed by atoms with Gasteiger partial charge in [-0.2, -0.15) is 0 Å². The van der Waals surface area contributed by atoms with Crippen LogP contribution in [0.3, 0.4) is 0 Å². The Morgan fingerprint density at radius 3 is 2.47 bits per heavy atom. The Balaban J connectivity index is 2.58. The summed E-state index contributed by atoms with van der Waals surface area (Å²) < 4.78 is 26.6. The van der Waals surface area contributed by atoms with Gasteiger partial charge in [-0.3, -0.25) is 4.79 Å². The van der Waals surface area contributed by atoms with Crippen LogP contribution in [0.15, 0.2) is 42.5 Å². The number of carbonyl (C=O) groups is 1. The average molecular weight is 253 g/mol. The Kier molecular flexibility index (Phi) is 3.20. The molecule has 4 heteroatoms. The van der Waals surface area contributed by atoms with Gasteiger partial charge in [-0.05, 0) is 47.5 Å². The summed E-state index contributed by atoms with van der Waals surface area (Å²) in [7, 11) is 0. The zero-order valence-corrected chi connectivity index (χ0v) is 9.34. The largest absolute Gasteiger partial charge is 0.276 e. The van der Waals surface area contributed by atoms with Crippen LogP contribution in [-0.4, -0.2) is 5.24 Å². The van der Waals surface area contributed by atoms with Crippen LogP contribution in [0.5, 0.6) is 0 Å². The molecule has 0 amide bonds. The molecule has 0 fully saturated rings. The van der Waals surface area contributed by atoms with E-state index in [1.165, 1.54) is 30.3 Å². The van der Waals surface area contributed by atoms with Gasteiger partial charge in [0.15, 0.2) is 0 Å². The van der Waals surface area contributed by atoms with Crippen LogP contribution in [0.1, 0.15) is 10.4 Å². The van der Waals surface area contributed by atoms with E-state index >= 15 is 0 Å². The van der Waals surface area contributed by atoms with E-state index in [2.05, 4.69) is 0 Å². The first-order valence-corrected chi connectivity index (χ1v) is 5.21. The summed E-state index contributed by atoms with van der Waals surface area (Å²) >= 11 is 5.31. The van der Waals surface area contributed by atoms with Crippen LogP contribution in [0, 0.1) is 11.6 Å². The van der Waals surface area contributed by atoms with Crippen LogP contribution in [0.2, 0.25) is 0 Å². The minimum Gasteiger partial charge on any atom is -0.276 e. The van der Waals surface area contributed by atoms with Crippen molar-refractivity contribution in [3.63, 3.8) is 0 Å². The highest BCUT2D eigenvalue weighted by atomic mass is 35.5. The van der Waals surface area contributed by atoms with E-state index in [0.717, 1.165) is 6.07 Å². The third kappa shape index (κ3) is 2.50. The predicted octanol–water partition coefficient (Wildman–Crippen LogP) is 4.01. The summed E-state index contributed by atoms with van der Waals surface area (Å²) in [4.78, 5) is 11.0. The molecule has 0 radical (unpaired) electrons. The van der Waals surface area contributed by atoms with Crippen molar-refractivity contribution in [2.45, 2.75) is 0 Å². The third-order valence-corrected chi connectivity index (χ3v) is 2.55. The molecule has 1 nitrogen and oxygen atoms in total. The molecule has 0 unspecified atom stereocenters. The first-order chi connectivity index (χ1) is 8.08. The van der Waals surface area contributed by atoms with Crippen LogP contribution < -0.4 is 0 Å². The molecule has 2 aromatic carbocycles. The smallest absolute Gasteiger partial charge is 0.252 e. The van der Waals surface area contributed by atoms with Gasteiger partial charge >= 0.3 is 0 Å². The van der Waals surface area contributed by atoms with E-state index in [4.69, 9.17) is 11.6 Å². The zero-order valence-electron chi connectivity index (χ0n) is 8.58. The summed E-state index contributed by atoms with van der Waals surface area (Å²) in [5.41, 5.74) is 0.686. The molecule has 0 aromatic heterocycles. The molecule has 86 valence electrons. The molecule has 0 heterocycles. The van der Waals surface area contributed by atoms with E-state index in [1.54, 1.807) is 6.07 Å². The Morgan fingerprint density at radius 2 is 1.82 bits per heavy atom.